The van der Waals surface area contributed by atoms with Crippen LogP contribution in [0.2, 0.25) is 0 Å². The molecule has 0 fully saturated rings. The third-order valence-electron chi connectivity index (χ3n) is 4.73. The average Bonchev–Trinajstić information content (AvgIpc) is 3.22. The summed E-state index contributed by atoms with van der Waals surface area (Å²) in [4.78, 5) is 21.9. The van der Waals surface area contributed by atoms with Gasteiger partial charge < -0.3 is 0 Å². The highest BCUT2D eigenvalue weighted by molar-refractivity contribution is 7.98. The lowest BCUT2D eigenvalue weighted by atomic mass is 10.1. The van der Waals surface area contributed by atoms with E-state index in [2.05, 4.69) is 9.97 Å². The highest BCUT2D eigenvalue weighted by atomic mass is 32.2. The normalized spacial score (nSPS) is 12.6. The van der Waals surface area contributed by atoms with Gasteiger partial charge in [-0.05, 0) is 24.6 Å². The van der Waals surface area contributed by atoms with Gasteiger partial charge >= 0.3 is 6.55 Å². The van der Waals surface area contributed by atoms with Gasteiger partial charge in [-0.2, -0.15) is 8.78 Å². The Morgan fingerprint density at radius 2 is 1.79 bits per heavy atom. The first-order chi connectivity index (χ1) is 14.1. The highest BCUT2D eigenvalue weighted by Gasteiger charge is 2.19. The van der Waals surface area contributed by atoms with E-state index in [1.54, 1.807) is 22.8 Å². The lowest BCUT2D eigenvalue weighted by Crippen LogP contribution is -2.27. The lowest BCUT2D eigenvalue weighted by Gasteiger charge is -2.20. The SMILES string of the molecule is C[C@@H](c1ccccc1)n1c(SCc2nccn2C(F)F)nc2ccccc2c1=O. The molecule has 0 unspecified atom stereocenters. The number of hydrogen-bond acceptors (Lipinski definition) is 4. The Kier molecular flexibility index (Phi) is 5.44. The van der Waals surface area contributed by atoms with Crippen molar-refractivity contribution in [1.29, 1.82) is 0 Å². The first-order valence-corrected chi connectivity index (χ1v) is 10.0. The molecular formula is C21H18F2N4OS. The molecule has 0 aliphatic heterocycles. The predicted octanol–water partition coefficient (Wildman–Crippen LogP) is 4.89. The van der Waals surface area contributed by atoms with Crippen LogP contribution < -0.4 is 5.56 Å². The maximum absolute atomic E-state index is 13.3. The summed E-state index contributed by atoms with van der Waals surface area (Å²) in [6, 6.07) is 16.5. The number of thioether (sulfide) groups is 1. The molecular weight excluding hydrogens is 394 g/mol. The van der Waals surface area contributed by atoms with Crippen LogP contribution >= 0.6 is 11.8 Å². The Labute approximate surface area is 170 Å². The zero-order valence-corrected chi connectivity index (χ0v) is 16.4. The van der Waals surface area contributed by atoms with E-state index in [-0.39, 0.29) is 23.2 Å². The molecule has 29 heavy (non-hydrogen) atoms. The van der Waals surface area contributed by atoms with Gasteiger partial charge in [0.05, 0.1) is 22.7 Å². The number of para-hydroxylation sites is 1. The number of imidazole rings is 1. The van der Waals surface area contributed by atoms with Gasteiger partial charge in [-0.3, -0.25) is 13.9 Å². The molecule has 0 amide bonds. The second kappa shape index (κ2) is 8.16. The Morgan fingerprint density at radius 1 is 1.07 bits per heavy atom. The van der Waals surface area contributed by atoms with Crippen LogP contribution in [0, 0.1) is 0 Å². The fourth-order valence-electron chi connectivity index (χ4n) is 3.21. The number of alkyl halides is 2. The third kappa shape index (κ3) is 3.80. The summed E-state index contributed by atoms with van der Waals surface area (Å²) in [5.41, 5.74) is 1.38. The smallest absolute Gasteiger partial charge is 0.280 e. The van der Waals surface area contributed by atoms with Crippen molar-refractivity contribution < 1.29 is 8.78 Å². The molecule has 0 spiro atoms. The average molecular weight is 412 g/mol. The van der Waals surface area contributed by atoms with Gasteiger partial charge in [-0.25, -0.2) is 9.97 Å². The molecule has 4 rings (SSSR count). The molecule has 0 saturated heterocycles. The number of fused-ring (bicyclic) bond motifs is 1. The van der Waals surface area contributed by atoms with E-state index in [0.717, 1.165) is 10.1 Å². The van der Waals surface area contributed by atoms with Gasteiger partial charge in [0.25, 0.3) is 5.56 Å². The summed E-state index contributed by atoms with van der Waals surface area (Å²) in [6.07, 6.45) is 2.59. The van der Waals surface area contributed by atoms with Crippen molar-refractivity contribution >= 4 is 22.7 Å². The number of benzene rings is 2. The monoisotopic (exact) mass is 412 g/mol. The van der Waals surface area contributed by atoms with Gasteiger partial charge in [0.15, 0.2) is 5.16 Å². The zero-order valence-electron chi connectivity index (χ0n) is 15.6. The van der Waals surface area contributed by atoms with Crippen molar-refractivity contribution in [2.45, 2.75) is 30.4 Å². The van der Waals surface area contributed by atoms with Crippen molar-refractivity contribution in [3.8, 4) is 0 Å². The van der Waals surface area contributed by atoms with Gasteiger partial charge in [0, 0.05) is 12.4 Å². The largest absolute Gasteiger partial charge is 0.319 e. The fraction of sp³-hybridized carbons (Fsp3) is 0.190. The van der Waals surface area contributed by atoms with Crippen LogP contribution in [0.5, 0.6) is 0 Å². The molecule has 2 heterocycles. The van der Waals surface area contributed by atoms with Crippen molar-refractivity contribution in [3.63, 3.8) is 0 Å². The van der Waals surface area contributed by atoms with Gasteiger partial charge in [-0.1, -0.05) is 54.2 Å². The molecule has 2 aromatic heterocycles. The standard InChI is InChI=1S/C21H18F2N4OS/c1-14(15-7-3-2-4-8-15)27-19(28)16-9-5-6-10-17(16)25-21(27)29-13-18-24-11-12-26(18)20(22)23/h2-12,14,20H,13H2,1H3/t14-/m0/s1. The summed E-state index contributed by atoms with van der Waals surface area (Å²) in [7, 11) is 0. The first kappa shape index (κ1) is 19.3. The molecule has 0 N–H and O–H groups in total. The zero-order chi connectivity index (χ0) is 20.4. The third-order valence-corrected chi connectivity index (χ3v) is 5.68. The van der Waals surface area contributed by atoms with E-state index in [9.17, 15) is 13.6 Å². The molecule has 0 aliphatic rings. The lowest BCUT2D eigenvalue weighted by molar-refractivity contribution is 0.0678. The Bertz CT molecular complexity index is 1190. The van der Waals surface area contributed by atoms with Crippen molar-refractivity contribution in [2.75, 3.05) is 0 Å². The van der Waals surface area contributed by atoms with Crippen LogP contribution in [0.15, 0.2) is 76.9 Å². The van der Waals surface area contributed by atoms with E-state index in [1.165, 1.54) is 24.2 Å². The Balaban J connectivity index is 1.79. The second-order valence-corrected chi connectivity index (χ2v) is 7.43. The van der Waals surface area contributed by atoms with Crippen molar-refractivity contribution in [2.24, 2.45) is 0 Å². The van der Waals surface area contributed by atoms with E-state index in [4.69, 9.17) is 0 Å². The molecule has 8 heteroatoms. The minimum atomic E-state index is -2.66. The highest BCUT2D eigenvalue weighted by Crippen LogP contribution is 2.27. The van der Waals surface area contributed by atoms with Gasteiger partial charge in [0.1, 0.15) is 5.82 Å². The molecule has 0 bridgehead atoms. The van der Waals surface area contributed by atoms with Crippen LogP contribution in [0.25, 0.3) is 10.9 Å². The van der Waals surface area contributed by atoms with Crippen LogP contribution in [-0.4, -0.2) is 19.1 Å². The molecule has 1 atom stereocenters. The quantitative estimate of drug-likeness (QED) is 0.334. The number of nitrogens with zero attached hydrogens (tertiary/aromatic N) is 4. The maximum atomic E-state index is 13.3. The molecule has 4 aromatic rings. The van der Waals surface area contributed by atoms with Crippen LogP contribution in [-0.2, 0) is 5.75 Å². The number of halogens is 2. The van der Waals surface area contributed by atoms with Crippen LogP contribution in [0.1, 0.15) is 30.9 Å². The summed E-state index contributed by atoms with van der Waals surface area (Å²) >= 11 is 1.22. The van der Waals surface area contributed by atoms with Crippen LogP contribution in [0.3, 0.4) is 0 Å². The van der Waals surface area contributed by atoms with E-state index in [0.29, 0.717) is 16.1 Å². The van der Waals surface area contributed by atoms with Gasteiger partial charge in [-0.15, -0.1) is 0 Å². The maximum Gasteiger partial charge on any atom is 0.319 e. The topological polar surface area (TPSA) is 52.7 Å². The van der Waals surface area contributed by atoms with E-state index in [1.807, 2.05) is 43.3 Å². The minimum Gasteiger partial charge on any atom is -0.280 e. The van der Waals surface area contributed by atoms with Crippen LogP contribution in [0.4, 0.5) is 8.78 Å². The van der Waals surface area contributed by atoms with Crippen molar-refractivity contribution in [3.05, 3.63) is 88.7 Å². The van der Waals surface area contributed by atoms with Gasteiger partial charge in [0.2, 0.25) is 0 Å². The first-order valence-electron chi connectivity index (χ1n) is 9.05. The van der Waals surface area contributed by atoms with E-state index >= 15 is 0 Å². The number of hydrogen-bond donors (Lipinski definition) is 0. The number of rotatable bonds is 6. The van der Waals surface area contributed by atoms with Crippen molar-refractivity contribution in [1.82, 2.24) is 19.1 Å². The molecule has 5 nitrogen and oxygen atoms in total. The molecule has 0 aliphatic carbocycles. The summed E-state index contributed by atoms with van der Waals surface area (Å²) in [6.45, 7) is -0.736. The second-order valence-electron chi connectivity index (χ2n) is 6.49. The van der Waals surface area contributed by atoms with E-state index < -0.39 is 6.55 Å². The molecule has 0 radical (unpaired) electrons. The molecule has 0 saturated carbocycles. The summed E-state index contributed by atoms with van der Waals surface area (Å²) in [5, 5.41) is 0.989. The predicted molar refractivity (Wildman–Crippen MR) is 109 cm³/mol. The summed E-state index contributed by atoms with van der Waals surface area (Å²) in [5.74, 6) is 0.398. The number of aromatic nitrogens is 4. The minimum absolute atomic E-state index is 0.161. The molecule has 2 aromatic carbocycles. The Morgan fingerprint density at radius 3 is 2.55 bits per heavy atom. The molecule has 148 valence electrons. The Hall–Kier alpha value is -3.00. The summed E-state index contributed by atoms with van der Waals surface area (Å²) < 4.78 is 28.7. The fourth-order valence-corrected chi connectivity index (χ4v) is 4.24.